The minimum absolute atomic E-state index is 0.194. The van der Waals surface area contributed by atoms with Gasteiger partial charge in [-0.25, -0.2) is 4.79 Å². The van der Waals surface area contributed by atoms with Crippen LogP contribution in [0.5, 0.6) is 17.2 Å². The molecule has 0 radical (unpaired) electrons. The predicted octanol–water partition coefficient (Wildman–Crippen LogP) is 3.68. The van der Waals surface area contributed by atoms with Crippen LogP contribution in [0.2, 0.25) is 0 Å². The van der Waals surface area contributed by atoms with Crippen LogP contribution in [-0.2, 0) is 4.74 Å². The van der Waals surface area contributed by atoms with Gasteiger partial charge in [-0.15, -0.1) is 10.2 Å². The Kier molecular flexibility index (Phi) is 5.78. The van der Waals surface area contributed by atoms with Gasteiger partial charge in [-0.3, -0.25) is 0 Å². The van der Waals surface area contributed by atoms with Crippen molar-refractivity contribution < 1.29 is 28.2 Å². The summed E-state index contributed by atoms with van der Waals surface area (Å²) in [7, 11) is 4.61. The number of ether oxygens (including phenoxy) is 4. The molecule has 2 aromatic carbocycles. The van der Waals surface area contributed by atoms with Crippen molar-refractivity contribution >= 4 is 5.97 Å². The van der Waals surface area contributed by atoms with Crippen LogP contribution in [0.1, 0.15) is 29.3 Å². The lowest BCUT2D eigenvalue weighted by molar-refractivity contribution is 0.0279. The number of methoxy groups -OCH3 is 3. The average Bonchev–Trinajstić information content (AvgIpc) is 3.23. The molecule has 0 amide bonds. The molecule has 1 aromatic heterocycles. The Morgan fingerprint density at radius 1 is 0.929 bits per heavy atom. The third-order valence-electron chi connectivity index (χ3n) is 4.03. The lowest BCUT2D eigenvalue weighted by Crippen LogP contribution is -2.10. The topological polar surface area (TPSA) is 92.9 Å². The lowest BCUT2D eigenvalue weighted by atomic mass is 10.2. The van der Waals surface area contributed by atoms with Gasteiger partial charge in [0, 0.05) is 5.56 Å². The third kappa shape index (κ3) is 4.06. The van der Waals surface area contributed by atoms with Crippen molar-refractivity contribution in [2.24, 2.45) is 0 Å². The van der Waals surface area contributed by atoms with E-state index in [2.05, 4.69) is 10.2 Å². The van der Waals surface area contributed by atoms with Gasteiger partial charge in [0.25, 0.3) is 5.89 Å². The summed E-state index contributed by atoms with van der Waals surface area (Å²) in [6, 6.07) is 12.0. The van der Waals surface area contributed by atoms with E-state index in [0.29, 0.717) is 23.0 Å². The van der Waals surface area contributed by atoms with Crippen molar-refractivity contribution in [2.45, 2.75) is 13.0 Å². The second kappa shape index (κ2) is 8.43. The molecule has 28 heavy (non-hydrogen) atoms. The number of aromatic nitrogens is 2. The van der Waals surface area contributed by atoms with Crippen molar-refractivity contribution in [3.63, 3.8) is 0 Å². The maximum absolute atomic E-state index is 12.4. The quantitative estimate of drug-likeness (QED) is 0.570. The second-order valence-electron chi connectivity index (χ2n) is 5.79. The molecule has 0 aliphatic rings. The van der Waals surface area contributed by atoms with Crippen molar-refractivity contribution in [2.75, 3.05) is 21.3 Å². The molecule has 1 heterocycles. The van der Waals surface area contributed by atoms with Gasteiger partial charge in [0.15, 0.2) is 17.6 Å². The van der Waals surface area contributed by atoms with Gasteiger partial charge in [0.1, 0.15) is 5.75 Å². The molecule has 1 unspecified atom stereocenters. The summed E-state index contributed by atoms with van der Waals surface area (Å²) in [5.74, 6) is 1.65. The largest absolute Gasteiger partial charge is 0.497 e. The van der Waals surface area contributed by atoms with Gasteiger partial charge in [-0.05, 0) is 49.4 Å². The summed E-state index contributed by atoms with van der Waals surface area (Å²) in [6.07, 6.45) is -0.722. The molecule has 3 rings (SSSR count). The molecule has 3 aromatic rings. The molecular weight excluding hydrogens is 364 g/mol. The number of benzene rings is 2. The standard InChI is InChI=1S/C20H20N2O6/c1-12(27-20(23)14-7-10-16(25-3)17(11-14)26-4)18-21-22-19(28-18)13-5-8-15(24-2)9-6-13/h5-12H,1-4H3. The number of nitrogens with zero attached hydrogens (tertiary/aromatic N) is 2. The highest BCUT2D eigenvalue weighted by Crippen LogP contribution is 2.29. The second-order valence-corrected chi connectivity index (χ2v) is 5.79. The van der Waals surface area contributed by atoms with Gasteiger partial charge in [0.05, 0.1) is 26.9 Å². The van der Waals surface area contributed by atoms with Gasteiger partial charge in [-0.2, -0.15) is 0 Å². The average molecular weight is 384 g/mol. The Bertz CT molecular complexity index is 952. The van der Waals surface area contributed by atoms with Crippen LogP contribution >= 0.6 is 0 Å². The predicted molar refractivity (Wildman–Crippen MR) is 99.7 cm³/mol. The van der Waals surface area contributed by atoms with E-state index in [4.69, 9.17) is 23.4 Å². The highest BCUT2D eigenvalue weighted by molar-refractivity contribution is 5.90. The molecule has 0 spiro atoms. The molecule has 0 saturated carbocycles. The van der Waals surface area contributed by atoms with E-state index in [9.17, 15) is 4.79 Å². The summed E-state index contributed by atoms with van der Waals surface area (Å²) in [5, 5.41) is 7.98. The molecule has 8 heteroatoms. The summed E-state index contributed by atoms with van der Waals surface area (Å²) in [4.78, 5) is 12.4. The van der Waals surface area contributed by atoms with Crippen LogP contribution < -0.4 is 14.2 Å². The molecule has 0 saturated heterocycles. The number of esters is 1. The molecule has 0 N–H and O–H groups in total. The number of hydrogen-bond donors (Lipinski definition) is 0. The maximum Gasteiger partial charge on any atom is 0.339 e. The number of carbonyl (C=O) groups excluding carboxylic acids is 1. The molecule has 8 nitrogen and oxygen atoms in total. The first-order valence-corrected chi connectivity index (χ1v) is 8.46. The lowest BCUT2D eigenvalue weighted by Gasteiger charge is -2.11. The van der Waals surface area contributed by atoms with E-state index >= 15 is 0 Å². The number of carbonyl (C=O) groups is 1. The molecule has 0 bridgehead atoms. The Balaban J connectivity index is 1.71. The Hall–Kier alpha value is -3.55. The van der Waals surface area contributed by atoms with Crippen LogP contribution in [0.15, 0.2) is 46.9 Å². The van der Waals surface area contributed by atoms with E-state index < -0.39 is 12.1 Å². The zero-order valence-electron chi connectivity index (χ0n) is 16.0. The zero-order valence-corrected chi connectivity index (χ0v) is 16.0. The summed E-state index contributed by atoms with van der Waals surface area (Å²) >= 11 is 0. The summed E-state index contributed by atoms with van der Waals surface area (Å²) in [5.41, 5.74) is 1.05. The van der Waals surface area contributed by atoms with Gasteiger partial charge >= 0.3 is 5.97 Å². The Morgan fingerprint density at radius 3 is 2.29 bits per heavy atom. The Labute approximate surface area is 162 Å². The maximum atomic E-state index is 12.4. The Morgan fingerprint density at radius 2 is 1.64 bits per heavy atom. The highest BCUT2D eigenvalue weighted by atomic mass is 16.6. The summed E-state index contributed by atoms with van der Waals surface area (Å²) in [6.45, 7) is 1.66. The van der Waals surface area contributed by atoms with Gasteiger partial charge in [-0.1, -0.05) is 0 Å². The molecular formula is C20H20N2O6. The third-order valence-corrected chi connectivity index (χ3v) is 4.03. The van der Waals surface area contributed by atoms with E-state index in [-0.39, 0.29) is 5.89 Å². The van der Waals surface area contributed by atoms with Gasteiger partial charge < -0.3 is 23.4 Å². The van der Waals surface area contributed by atoms with Crippen LogP contribution in [0.3, 0.4) is 0 Å². The first-order valence-electron chi connectivity index (χ1n) is 8.46. The zero-order chi connectivity index (χ0) is 20.1. The van der Waals surface area contributed by atoms with E-state index in [1.54, 1.807) is 56.5 Å². The molecule has 0 fully saturated rings. The van der Waals surface area contributed by atoms with Crippen molar-refractivity contribution in [1.29, 1.82) is 0 Å². The van der Waals surface area contributed by atoms with E-state index in [0.717, 1.165) is 11.3 Å². The first kappa shape index (κ1) is 19.2. The van der Waals surface area contributed by atoms with Crippen LogP contribution in [0, 0.1) is 0 Å². The van der Waals surface area contributed by atoms with Crippen LogP contribution in [0.25, 0.3) is 11.5 Å². The van der Waals surface area contributed by atoms with Gasteiger partial charge in [0.2, 0.25) is 5.89 Å². The minimum Gasteiger partial charge on any atom is -0.497 e. The number of hydrogen-bond acceptors (Lipinski definition) is 8. The van der Waals surface area contributed by atoms with E-state index in [1.165, 1.54) is 14.2 Å². The van der Waals surface area contributed by atoms with Crippen LogP contribution in [0.4, 0.5) is 0 Å². The minimum atomic E-state index is -0.722. The molecule has 0 aliphatic carbocycles. The highest BCUT2D eigenvalue weighted by Gasteiger charge is 2.21. The molecule has 1 atom stereocenters. The fraction of sp³-hybridized carbons (Fsp3) is 0.250. The SMILES string of the molecule is COc1ccc(-c2nnc(C(C)OC(=O)c3ccc(OC)c(OC)c3)o2)cc1. The van der Waals surface area contributed by atoms with Crippen molar-refractivity contribution in [3.05, 3.63) is 53.9 Å². The number of rotatable bonds is 7. The van der Waals surface area contributed by atoms with Crippen LogP contribution in [-0.4, -0.2) is 37.5 Å². The monoisotopic (exact) mass is 384 g/mol. The van der Waals surface area contributed by atoms with Crippen molar-refractivity contribution in [1.82, 2.24) is 10.2 Å². The fourth-order valence-corrected chi connectivity index (χ4v) is 2.49. The summed E-state index contributed by atoms with van der Waals surface area (Å²) < 4.78 is 26.6. The molecule has 0 aliphatic heterocycles. The normalized spacial score (nSPS) is 11.6. The first-order chi connectivity index (χ1) is 13.5. The van der Waals surface area contributed by atoms with Crippen molar-refractivity contribution in [3.8, 4) is 28.7 Å². The smallest absolute Gasteiger partial charge is 0.339 e. The fourth-order valence-electron chi connectivity index (χ4n) is 2.49. The van der Waals surface area contributed by atoms with E-state index in [1.807, 2.05) is 0 Å². The molecule has 146 valence electrons.